The Morgan fingerprint density at radius 2 is 1.50 bits per heavy atom. The molecule has 3 fully saturated rings. The van der Waals surface area contributed by atoms with Crippen molar-refractivity contribution in [1.29, 1.82) is 0 Å². The van der Waals surface area contributed by atoms with E-state index in [9.17, 15) is 14.7 Å². The number of carbonyl (C=O) groups is 4. The van der Waals surface area contributed by atoms with Crippen molar-refractivity contribution in [3.63, 3.8) is 0 Å². The van der Waals surface area contributed by atoms with Crippen LogP contribution in [0.4, 0.5) is 0 Å². The number of ether oxygens (including phenoxy) is 1. The van der Waals surface area contributed by atoms with Gasteiger partial charge in [-0.3, -0.25) is 29.0 Å². The Bertz CT molecular complexity index is 2280. The molecule has 0 bridgehead atoms. The molecule has 56 heavy (non-hydrogen) atoms. The number of allylic oxidation sites excluding steroid dienone is 4. The number of methoxy groups -OCH3 is 1. The van der Waals surface area contributed by atoms with Gasteiger partial charge in [-0.2, -0.15) is 0 Å². The van der Waals surface area contributed by atoms with Crippen LogP contribution >= 0.6 is 15.9 Å². The lowest BCUT2D eigenvalue weighted by Crippen LogP contribution is -2.59. The number of phenols is 1. The summed E-state index contributed by atoms with van der Waals surface area (Å²) in [7, 11) is 1.48. The molecule has 1 saturated carbocycles. The highest BCUT2D eigenvalue weighted by Gasteiger charge is 2.66. The van der Waals surface area contributed by atoms with Gasteiger partial charge in [-0.15, -0.1) is 0 Å². The van der Waals surface area contributed by atoms with Gasteiger partial charge in [0, 0.05) is 53.1 Å². The first-order valence-corrected chi connectivity index (χ1v) is 20.3. The van der Waals surface area contributed by atoms with Crippen LogP contribution in [-0.4, -0.2) is 64.5 Å². The fraction of sp³-hybridized carbons (Fsp3) is 0.319. The van der Waals surface area contributed by atoms with E-state index < -0.39 is 35.0 Å². The monoisotopic (exact) mass is 810 g/mol. The second kappa shape index (κ2) is 14.4. The second-order valence-electron chi connectivity index (χ2n) is 15.9. The summed E-state index contributed by atoms with van der Waals surface area (Å²) in [4.78, 5) is 63.8. The van der Waals surface area contributed by atoms with Crippen molar-refractivity contribution >= 4 is 44.9 Å². The van der Waals surface area contributed by atoms with Crippen molar-refractivity contribution in [1.82, 2.24) is 9.80 Å². The van der Waals surface area contributed by atoms with Crippen LogP contribution in [0.25, 0.3) is 5.57 Å². The predicted octanol–water partition coefficient (Wildman–Crippen LogP) is 7.65. The molecule has 2 aliphatic heterocycles. The van der Waals surface area contributed by atoms with Gasteiger partial charge in [-0.1, -0.05) is 119 Å². The number of ketones is 2. The van der Waals surface area contributed by atoms with E-state index in [1.165, 1.54) is 18.7 Å². The van der Waals surface area contributed by atoms with Gasteiger partial charge in [0.1, 0.15) is 0 Å². The third-order valence-electron chi connectivity index (χ3n) is 13.2. The van der Waals surface area contributed by atoms with Crippen LogP contribution in [0, 0.1) is 23.7 Å². The van der Waals surface area contributed by atoms with Crippen molar-refractivity contribution < 1.29 is 29.0 Å². The Hall–Kier alpha value is -5.12. The predicted molar refractivity (Wildman–Crippen MR) is 216 cm³/mol. The molecule has 0 radical (unpaired) electrons. The molecule has 6 unspecified atom stereocenters. The highest BCUT2D eigenvalue weighted by atomic mass is 79.9. The molecule has 4 aromatic rings. The summed E-state index contributed by atoms with van der Waals surface area (Å²) in [5.41, 5.74) is 2.66. The maximum absolute atomic E-state index is 15.3. The molecule has 1 N–H and O–H groups in total. The van der Waals surface area contributed by atoms with Gasteiger partial charge >= 0.3 is 0 Å². The number of hydrogen-bond donors (Lipinski definition) is 1. The Balaban J connectivity index is 1.15. The maximum atomic E-state index is 15.3. The number of Topliss-reactive ketones (excluding diaryl/α,β-unsaturated/α-hetero) is 1. The third kappa shape index (κ3) is 5.73. The van der Waals surface area contributed by atoms with Gasteiger partial charge in [0.05, 0.1) is 24.4 Å². The lowest BCUT2D eigenvalue weighted by atomic mass is 9.44. The molecule has 9 heteroatoms. The first kappa shape index (κ1) is 36.5. The summed E-state index contributed by atoms with van der Waals surface area (Å²) >= 11 is 3.63. The Labute approximate surface area is 335 Å². The Morgan fingerprint density at radius 3 is 2.18 bits per heavy atom. The Morgan fingerprint density at radius 1 is 0.839 bits per heavy atom. The normalized spacial score (nSPS) is 28.0. The Kier molecular flexibility index (Phi) is 9.41. The molecule has 5 aliphatic rings. The number of nitrogens with zero attached hydrogens (tertiary/aromatic N) is 2. The molecule has 2 saturated heterocycles. The van der Waals surface area contributed by atoms with Crippen molar-refractivity contribution in [2.24, 2.45) is 23.7 Å². The van der Waals surface area contributed by atoms with E-state index in [2.05, 4.69) is 33.0 Å². The average Bonchev–Trinajstić information content (AvgIpc) is 3.49. The summed E-state index contributed by atoms with van der Waals surface area (Å²) in [5, 5.41) is 12.0. The molecule has 284 valence electrons. The van der Waals surface area contributed by atoms with Gasteiger partial charge in [0.2, 0.25) is 11.8 Å². The third-order valence-corrected chi connectivity index (χ3v) is 13.6. The minimum Gasteiger partial charge on any atom is -0.504 e. The van der Waals surface area contributed by atoms with Gasteiger partial charge in [-0.05, 0) is 66.5 Å². The van der Waals surface area contributed by atoms with Crippen LogP contribution in [0.15, 0.2) is 125 Å². The highest BCUT2D eigenvalue weighted by molar-refractivity contribution is 9.10. The van der Waals surface area contributed by atoms with Crippen LogP contribution < -0.4 is 4.74 Å². The maximum Gasteiger partial charge on any atom is 0.233 e. The van der Waals surface area contributed by atoms with Crippen molar-refractivity contribution in [2.45, 2.75) is 49.6 Å². The summed E-state index contributed by atoms with van der Waals surface area (Å²) in [6.45, 7) is 2.37. The zero-order chi connectivity index (χ0) is 38.7. The number of rotatable bonds is 7. The lowest BCUT2D eigenvalue weighted by Gasteiger charge is -2.55. The van der Waals surface area contributed by atoms with Crippen LogP contribution in [-0.2, 0) is 31.1 Å². The molecule has 0 spiro atoms. The molecule has 2 amide bonds. The van der Waals surface area contributed by atoms with Crippen molar-refractivity contribution in [2.75, 3.05) is 20.2 Å². The zero-order valence-corrected chi connectivity index (χ0v) is 32.7. The molecule has 6 atom stereocenters. The van der Waals surface area contributed by atoms with E-state index in [1.54, 1.807) is 17.0 Å². The number of phenolic OH excluding ortho intramolecular Hbond substituents is 1. The van der Waals surface area contributed by atoms with E-state index in [0.717, 1.165) is 25.2 Å². The number of carbonyl (C=O) groups excluding carboxylic acids is 4. The SMILES string of the molecule is COc1cc(Br)cc(C2C3=CCC4C(=O)N(C5CCN(Cc6ccccc6)CC5)C(=O)C4C3CC3C(=O)C(c4ccccc4)=CC(=O)C32c2ccccc2)c1O. The molecule has 9 rings (SSSR count). The highest BCUT2D eigenvalue weighted by Crippen LogP contribution is 2.65. The summed E-state index contributed by atoms with van der Waals surface area (Å²) in [5.74, 6) is -4.18. The van der Waals surface area contributed by atoms with Crippen molar-refractivity contribution in [3.05, 3.63) is 148 Å². The van der Waals surface area contributed by atoms with Gasteiger partial charge < -0.3 is 9.84 Å². The number of imide groups is 1. The van der Waals surface area contributed by atoms with Crippen LogP contribution in [0.5, 0.6) is 11.5 Å². The van der Waals surface area contributed by atoms with Crippen LogP contribution in [0.1, 0.15) is 53.9 Å². The summed E-state index contributed by atoms with van der Waals surface area (Å²) in [6.07, 6.45) is 5.46. The first-order valence-electron chi connectivity index (χ1n) is 19.5. The average molecular weight is 812 g/mol. The number of amides is 2. The van der Waals surface area contributed by atoms with Crippen LogP contribution in [0.3, 0.4) is 0 Å². The largest absolute Gasteiger partial charge is 0.504 e. The topological polar surface area (TPSA) is 104 Å². The number of likely N-dealkylation sites (tertiary alicyclic amines) is 2. The molecular weight excluding hydrogens is 768 g/mol. The molecule has 0 aromatic heterocycles. The summed E-state index contributed by atoms with van der Waals surface area (Å²) in [6, 6.07) is 32.2. The zero-order valence-electron chi connectivity index (χ0n) is 31.1. The van der Waals surface area contributed by atoms with E-state index in [1.807, 2.05) is 84.9 Å². The second-order valence-corrected chi connectivity index (χ2v) is 16.8. The molecule has 2 heterocycles. The molecular formula is C47H43BrN2O6. The van der Waals surface area contributed by atoms with E-state index >= 15 is 9.59 Å². The molecule has 4 aromatic carbocycles. The standard InChI is InChI=1S/C47H43BrN2O6/c1-56-39-24-31(48)23-37(44(39)53)42-33-17-18-34-41(46(55)50(45(34)54)32-19-21-49(22-20-32)27-28-11-5-2-6-12-28)36(33)25-38-43(52)35(29-13-7-3-8-14-29)26-40(51)47(38,42)30-15-9-4-10-16-30/h2-17,23-24,26,32,34,36,38,41-42,53H,18-22,25,27H2,1H3. The smallest absolute Gasteiger partial charge is 0.233 e. The number of benzene rings is 4. The number of aromatic hydroxyl groups is 1. The van der Waals surface area contributed by atoms with Gasteiger partial charge in [0.25, 0.3) is 0 Å². The van der Waals surface area contributed by atoms with E-state index in [4.69, 9.17) is 4.74 Å². The van der Waals surface area contributed by atoms with Gasteiger partial charge in [0.15, 0.2) is 23.1 Å². The number of halogens is 1. The number of hydrogen-bond acceptors (Lipinski definition) is 7. The fourth-order valence-electron chi connectivity index (χ4n) is 10.8. The van der Waals surface area contributed by atoms with E-state index in [0.29, 0.717) is 46.0 Å². The van der Waals surface area contributed by atoms with Crippen molar-refractivity contribution in [3.8, 4) is 11.5 Å². The van der Waals surface area contributed by atoms with Gasteiger partial charge in [-0.25, -0.2) is 0 Å². The minimum absolute atomic E-state index is 0.130. The molecule has 3 aliphatic carbocycles. The summed E-state index contributed by atoms with van der Waals surface area (Å²) < 4.78 is 6.27. The van der Waals surface area contributed by atoms with Crippen LogP contribution in [0.2, 0.25) is 0 Å². The van der Waals surface area contributed by atoms with E-state index in [-0.39, 0.29) is 47.3 Å². The fourth-order valence-corrected chi connectivity index (χ4v) is 11.2. The number of piperidine rings is 1. The lowest BCUT2D eigenvalue weighted by molar-refractivity contribution is -0.144. The number of fused-ring (bicyclic) bond motifs is 4. The molecule has 8 nitrogen and oxygen atoms in total. The first-order chi connectivity index (χ1) is 27.2. The minimum atomic E-state index is -1.45. The quantitative estimate of drug-likeness (QED) is 0.151.